The fourth-order valence-electron chi connectivity index (χ4n) is 0.908. The zero-order chi connectivity index (χ0) is 9.14. The molecule has 0 aromatic heterocycles. The maximum atomic E-state index is 13.1. The van der Waals surface area contributed by atoms with Crippen LogP contribution < -0.4 is 0 Å². The molecule has 1 aromatic carbocycles. The van der Waals surface area contributed by atoms with Crippen LogP contribution >= 0.6 is 11.8 Å². The predicted octanol–water partition coefficient (Wildman–Crippen LogP) is 2.75. The normalized spacial score (nSPS) is 9.92. The summed E-state index contributed by atoms with van der Waals surface area (Å²) in [6.07, 6.45) is 1.86. The van der Waals surface area contributed by atoms with Crippen LogP contribution in [-0.4, -0.2) is 12.0 Å². The van der Waals surface area contributed by atoms with Gasteiger partial charge in [0.1, 0.15) is 5.82 Å². The summed E-state index contributed by atoms with van der Waals surface area (Å²) in [5.41, 5.74) is 0.160. The molecule has 0 amide bonds. The molecular formula is C9H9FOS. The van der Waals surface area contributed by atoms with Gasteiger partial charge in [0, 0.05) is 4.90 Å². The van der Waals surface area contributed by atoms with E-state index in [9.17, 15) is 9.18 Å². The molecule has 1 nitrogen and oxygen atoms in total. The Morgan fingerprint density at radius 3 is 2.58 bits per heavy atom. The molecule has 0 atom stereocenters. The molecule has 0 heterocycles. The van der Waals surface area contributed by atoms with Gasteiger partial charge in [-0.15, -0.1) is 11.8 Å². The summed E-state index contributed by atoms with van der Waals surface area (Å²) in [6.45, 7) is 1.36. The van der Waals surface area contributed by atoms with E-state index in [2.05, 4.69) is 0 Å². The van der Waals surface area contributed by atoms with Gasteiger partial charge in [-0.3, -0.25) is 4.79 Å². The fraction of sp³-hybridized carbons (Fsp3) is 0.222. The summed E-state index contributed by atoms with van der Waals surface area (Å²) in [6, 6.07) is 4.63. The zero-order valence-electron chi connectivity index (χ0n) is 6.93. The second-order valence-corrected chi connectivity index (χ2v) is 3.28. The minimum atomic E-state index is -0.436. The summed E-state index contributed by atoms with van der Waals surface area (Å²) in [7, 11) is 0. The van der Waals surface area contributed by atoms with Gasteiger partial charge in [-0.05, 0) is 31.4 Å². The molecular weight excluding hydrogens is 175 g/mol. The predicted molar refractivity (Wildman–Crippen MR) is 48.2 cm³/mol. The number of halogens is 1. The Balaban J connectivity index is 3.12. The van der Waals surface area contributed by atoms with E-state index in [1.807, 2.05) is 6.26 Å². The molecule has 1 aromatic rings. The number of carbonyl (C=O) groups excluding carboxylic acids is 1. The number of Topliss-reactive ketones (excluding diaryl/α,β-unsaturated/α-hetero) is 1. The number of thioether (sulfide) groups is 1. The highest BCUT2D eigenvalue weighted by atomic mass is 32.2. The van der Waals surface area contributed by atoms with E-state index in [4.69, 9.17) is 0 Å². The second-order valence-electron chi connectivity index (χ2n) is 2.40. The lowest BCUT2D eigenvalue weighted by molar-refractivity contribution is 0.101. The lowest BCUT2D eigenvalue weighted by atomic mass is 10.1. The van der Waals surface area contributed by atoms with Gasteiger partial charge in [0.2, 0.25) is 0 Å². The largest absolute Gasteiger partial charge is 0.294 e. The molecule has 0 fully saturated rings. The third-order valence-electron chi connectivity index (χ3n) is 1.56. The number of rotatable bonds is 2. The van der Waals surface area contributed by atoms with Gasteiger partial charge in [-0.2, -0.15) is 0 Å². The van der Waals surface area contributed by atoms with Crippen molar-refractivity contribution in [2.75, 3.05) is 6.26 Å². The first-order chi connectivity index (χ1) is 5.65. The number of hydrogen-bond donors (Lipinski definition) is 0. The molecule has 0 saturated heterocycles. The summed E-state index contributed by atoms with van der Waals surface area (Å²) < 4.78 is 13.1. The van der Waals surface area contributed by atoms with Gasteiger partial charge in [0.05, 0.1) is 5.56 Å². The van der Waals surface area contributed by atoms with Crippen LogP contribution in [-0.2, 0) is 0 Å². The average Bonchev–Trinajstić information content (AvgIpc) is 2.03. The molecule has 12 heavy (non-hydrogen) atoms. The number of ketones is 1. The topological polar surface area (TPSA) is 17.1 Å². The Hall–Kier alpha value is -0.830. The van der Waals surface area contributed by atoms with E-state index in [-0.39, 0.29) is 11.3 Å². The summed E-state index contributed by atoms with van der Waals surface area (Å²) >= 11 is 1.45. The van der Waals surface area contributed by atoms with E-state index >= 15 is 0 Å². The third kappa shape index (κ3) is 1.85. The van der Waals surface area contributed by atoms with Crippen LogP contribution in [0.4, 0.5) is 4.39 Å². The van der Waals surface area contributed by atoms with Crippen molar-refractivity contribution in [3.63, 3.8) is 0 Å². The van der Waals surface area contributed by atoms with E-state index in [0.717, 1.165) is 4.90 Å². The minimum Gasteiger partial charge on any atom is -0.294 e. The van der Waals surface area contributed by atoms with Crippen LogP contribution in [0.3, 0.4) is 0 Å². The van der Waals surface area contributed by atoms with Gasteiger partial charge in [-0.1, -0.05) is 0 Å². The van der Waals surface area contributed by atoms with Crippen molar-refractivity contribution in [2.24, 2.45) is 0 Å². The van der Waals surface area contributed by atoms with E-state index in [1.54, 1.807) is 6.07 Å². The smallest absolute Gasteiger partial charge is 0.162 e. The van der Waals surface area contributed by atoms with Gasteiger partial charge in [0.25, 0.3) is 0 Å². The Bertz CT molecular complexity index is 309. The Morgan fingerprint density at radius 2 is 2.17 bits per heavy atom. The van der Waals surface area contributed by atoms with Crippen LogP contribution in [0.2, 0.25) is 0 Å². The van der Waals surface area contributed by atoms with E-state index in [0.29, 0.717) is 0 Å². The fourth-order valence-corrected chi connectivity index (χ4v) is 1.33. The van der Waals surface area contributed by atoms with Gasteiger partial charge >= 0.3 is 0 Å². The maximum Gasteiger partial charge on any atom is 0.162 e. The molecule has 3 heteroatoms. The lowest BCUT2D eigenvalue weighted by Crippen LogP contribution is -1.96. The molecule has 0 saturated carbocycles. The van der Waals surface area contributed by atoms with Crippen LogP contribution in [0.15, 0.2) is 23.1 Å². The molecule has 0 aliphatic carbocycles. The van der Waals surface area contributed by atoms with E-state index < -0.39 is 5.82 Å². The summed E-state index contributed by atoms with van der Waals surface area (Å²) in [5.74, 6) is -0.672. The Labute approximate surface area is 75.0 Å². The Kier molecular flexibility index (Phi) is 2.87. The van der Waals surface area contributed by atoms with E-state index in [1.165, 1.54) is 30.8 Å². The SMILES string of the molecule is CSc1ccc(C(C)=O)c(F)c1. The van der Waals surface area contributed by atoms with Crippen molar-refractivity contribution in [3.05, 3.63) is 29.6 Å². The van der Waals surface area contributed by atoms with Crippen molar-refractivity contribution >= 4 is 17.5 Å². The summed E-state index contributed by atoms with van der Waals surface area (Å²) in [5, 5.41) is 0. The van der Waals surface area contributed by atoms with Crippen LogP contribution in [0.25, 0.3) is 0 Å². The molecule has 0 aliphatic heterocycles. The Morgan fingerprint density at radius 1 is 1.50 bits per heavy atom. The van der Waals surface area contributed by atoms with Gasteiger partial charge < -0.3 is 0 Å². The molecule has 0 N–H and O–H groups in total. The minimum absolute atomic E-state index is 0.160. The molecule has 0 spiro atoms. The van der Waals surface area contributed by atoms with Crippen molar-refractivity contribution in [3.8, 4) is 0 Å². The molecule has 0 aliphatic rings. The molecule has 0 bridgehead atoms. The first-order valence-electron chi connectivity index (χ1n) is 3.49. The monoisotopic (exact) mass is 184 g/mol. The second kappa shape index (κ2) is 3.72. The third-order valence-corrected chi connectivity index (χ3v) is 2.28. The summed E-state index contributed by atoms with van der Waals surface area (Å²) in [4.78, 5) is 11.7. The average molecular weight is 184 g/mol. The van der Waals surface area contributed by atoms with Gasteiger partial charge in [-0.25, -0.2) is 4.39 Å². The molecule has 64 valence electrons. The van der Waals surface area contributed by atoms with Crippen LogP contribution in [0.1, 0.15) is 17.3 Å². The van der Waals surface area contributed by atoms with Crippen molar-refractivity contribution in [1.82, 2.24) is 0 Å². The molecule has 1 rings (SSSR count). The molecule has 0 radical (unpaired) electrons. The van der Waals surface area contributed by atoms with Gasteiger partial charge in [0.15, 0.2) is 5.78 Å². The number of benzene rings is 1. The maximum absolute atomic E-state index is 13.1. The van der Waals surface area contributed by atoms with Crippen LogP contribution in [0.5, 0.6) is 0 Å². The first kappa shape index (κ1) is 9.26. The lowest BCUT2D eigenvalue weighted by Gasteiger charge is -2.00. The first-order valence-corrected chi connectivity index (χ1v) is 4.72. The van der Waals surface area contributed by atoms with Crippen molar-refractivity contribution < 1.29 is 9.18 Å². The standard InChI is InChI=1S/C9H9FOS/c1-6(11)8-4-3-7(12-2)5-9(8)10/h3-5H,1-2H3. The number of carbonyl (C=O) groups is 1. The zero-order valence-corrected chi connectivity index (χ0v) is 7.74. The molecule has 0 unspecified atom stereocenters. The highest BCUT2D eigenvalue weighted by molar-refractivity contribution is 7.98. The van der Waals surface area contributed by atoms with Crippen molar-refractivity contribution in [1.29, 1.82) is 0 Å². The highest BCUT2D eigenvalue weighted by Crippen LogP contribution is 2.18. The quantitative estimate of drug-likeness (QED) is 0.519. The number of hydrogen-bond acceptors (Lipinski definition) is 2. The van der Waals surface area contributed by atoms with Crippen LogP contribution in [0, 0.1) is 5.82 Å². The highest BCUT2D eigenvalue weighted by Gasteiger charge is 2.06. The van der Waals surface area contributed by atoms with Crippen molar-refractivity contribution in [2.45, 2.75) is 11.8 Å².